The Morgan fingerprint density at radius 2 is 0.676 bits per heavy atom. The molecule has 0 bridgehead atoms. The van der Waals surface area contributed by atoms with Crippen LogP contribution in [0.1, 0.15) is 0 Å². The van der Waals surface area contributed by atoms with E-state index in [4.69, 9.17) is 0 Å². The maximum absolute atomic E-state index is 10.6. The number of aromatic hydroxyl groups is 2. The van der Waals surface area contributed by atoms with Crippen LogP contribution in [0.5, 0.6) is 11.5 Å². The molecule has 0 saturated heterocycles. The lowest BCUT2D eigenvalue weighted by Crippen LogP contribution is -1.85. The summed E-state index contributed by atoms with van der Waals surface area (Å²) in [7, 11) is 0. The molecule has 0 amide bonds. The second-order valence-corrected chi connectivity index (χ2v) is 8.52. The van der Waals surface area contributed by atoms with Gasteiger partial charge in [0.15, 0.2) is 0 Å². The third kappa shape index (κ3) is 3.37. The molecule has 0 aliphatic rings. The quantitative estimate of drug-likeness (QED) is 0.291. The van der Waals surface area contributed by atoms with E-state index in [0.29, 0.717) is 0 Å². The normalized spacial score (nSPS) is 11.2. The van der Waals surface area contributed by atoms with E-state index in [9.17, 15) is 10.2 Å². The lowest BCUT2D eigenvalue weighted by atomic mass is 9.94. The predicted molar refractivity (Wildman–Crippen MR) is 141 cm³/mol. The van der Waals surface area contributed by atoms with Crippen LogP contribution in [0.4, 0.5) is 0 Å². The van der Waals surface area contributed by atoms with Gasteiger partial charge in [0.25, 0.3) is 0 Å². The van der Waals surface area contributed by atoms with Gasteiger partial charge in [0, 0.05) is 11.1 Å². The van der Waals surface area contributed by atoms with Crippen molar-refractivity contribution in [2.24, 2.45) is 0 Å². The lowest BCUT2D eigenvalue weighted by molar-refractivity contribution is 0.477. The van der Waals surface area contributed by atoms with E-state index in [2.05, 4.69) is 60.7 Å². The summed E-state index contributed by atoms with van der Waals surface area (Å²) in [4.78, 5) is 0. The number of hydrogen-bond donors (Lipinski definition) is 2. The zero-order valence-corrected chi connectivity index (χ0v) is 18.4. The summed E-state index contributed by atoms with van der Waals surface area (Å²) in [5, 5.41) is 25.4. The van der Waals surface area contributed by atoms with Crippen molar-refractivity contribution in [1.29, 1.82) is 0 Å². The minimum atomic E-state index is 0.283. The molecule has 2 N–H and O–H groups in total. The summed E-state index contributed by atoms with van der Waals surface area (Å²) >= 11 is 0. The van der Waals surface area contributed by atoms with E-state index in [1.807, 2.05) is 48.5 Å². The number of hydrogen-bond acceptors (Lipinski definition) is 2. The highest BCUT2D eigenvalue weighted by molar-refractivity contribution is 6.01. The Morgan fingerprint density at radius 3 is 1.09 bits per heavy atom. The van der Waals surface area contributed by atoms with Crippen molar-refractivity contribution >= 4 is 21.5 Å². The first-order valence-electron chi connectivity index (χ1n) is 11.3. The van der Waals surface area contributed by atoms with Crippen LogP contribution >= 0.6 is 0 Å². The Hall–Kier alpha value is -4.56. The summed E-state index contributed by atoms with van der Waals surface area (Å²) in [5.74, 6) is 0.566. The second-order valence-electron chi connectivity index (χ2n) is 8.52. The van der Waals surface area contributed by atoms with Crippen LogP contribution in [0.25, 0.3) is 54.9 Å². The molecule has 0 saturated carbocycles. The lowest BCUT2D eigenvalue weighted by Gasteiger charge is -2.12. The van der Waals surface area contributed by atoms with Gasteiger partial charge in [0.2, 0.25) is 0 Å². The molecule has 0 spiro atoms. The van der Waals surface area contributed by atoms with E-state index >= 15 is 0 Å². The van der Waals surface area contributed by atoms with E-state index in [0.717, 1.165) is 54.9 Å². The fourth-order valence-corrected chi connectivity index (χ4v) is 4.79. The Morgan fingerprint density at radius 1 is 0.324 bits per heavy atom. The number of benzene rings is 6. The monoisotopic (exact) mass is 438 g/mol. The Kier molecular flexibility index (Phi) is 4.78. The third-order valence-corrected chi connectivity index (χ3v) is 6.49. The van der Waals surface area contributed by atoms with Crippen LogP contribution in [0.15, 0.2) is 121 Å². The number of phenolic OH excluding ortho intramolecular Hbond substituents is 2. The van der Waals surface area contributed by atoms with E-state index in [-0.39, 0.29) is 11.5 Å². The molecule has 34 heavy (non-hydrogen) atoms. The molecule has 0 fully saturated rings. The van der Waals surface area contributed by atoms with E-state index < -0.39 is 0 Å². The standard InChI is InChI=1S/C32H22O2/c33-29-19-17-23-5-1-3-7-27(23)31(29)25-13-9-21(10-14-25)22-11-15-26(16-12-22)32-28-8-4-2-6-24(28)18-20-30(32)34/h1-20,33-34H. The molecule has 0 aliphatic heterocycles. The summed E-state index contributed by atoms with van der Waals surface area (Å²) in [6.45, 7) is 0. The van der Waals surface area contributed by atoms with Crippen LogP contribution in [0.2, 0.25) is 0 Å². The first-order valence-corrected chi connectivity index (χ1v) is 11.3. The third-order valence-electron chi connectivity index (χ3n) is 6.49. The Labute approximate surface area is 198 Å². The molecule has 2 nitrogen and oxygen atoms in total. The highest BCUT2D eigenvalue weighted by Crippen LogP contribution is 2.39. The van der Waals surface area contributed by atoms with Gasteiger partial charge in [-0.1, -0.05) is 109 Å². The second kappa shape index (κ2) is 8.09. The average molecular weight is 439 g/mol. The maximum atomic E-state index is 10.6. The van der Waals surface area contributed by atoms with Gasteiger partial charge in [0.1, 0.15) is 11.5 Å². The molecular weight excluding hydrogens is 416 g/mol. The van der Waals surface area contributed by atoms with Gasteiger partial charge in [-0.3, -0.25) is 0 Å². The van der Waals surface area contributed by atoms with Crippen molar-refractivity contribution in [2.75, 3.05) is 0 Å². The smallest absolute Gasteiger partial charge is 0.124 e. The molecule has 6 aromatic rings. The highest BCUT2D eigenvalue weighted by Gasteiger charge is 2.11. The number of fused-ring (bicyclic) bond motifs is 2. The van der Waals surface area contributed by atoms with Crippen LogP contribution in [0, 0.1) is 0 Å². The van der Waals surface area contributed by atoms with Crippen molar-refractivity contribution < 1.29 is 10.2 Å². The molecule has 0 aliphatic carbocycles. The van der Waals surface area contributed by atoms with Gasteiger partial charge in [-0.05, 0) is 55.9 Å². The minimum absolute atomic E-state index is 0.283. The van der Waals surface area contributed by atoms with Crippen LogP contribution in [0.3, 0.4) is 0 Å². The fourth-order valence-electron chi connectivity index (χ4n) is 4.79. The molecule has 0 unspecified atom stereocenters. The molecule has 0 aromatic heterocycles. The van der Waals surface area contributed by atoms with Gasteiger partial charge in [-0.2, -0.15) is 0 Å². The largest absolute Gasteiger partial charge is 0.507 e. The maximum Gasteiger partial charge on any atom is 0.124 e. The first kappa shape index (κ1) is 20.1. The Balaban J connectivity index is 1.36. The molecule has 2 heteroatoms. The van der Waals surface area contributed by atoms with Gasteiger partial charge in [-0.25, -0.2) is 0 Å². The summed E-state index contributed by atoms with van der Waals surface area (Å²) in [6.07, 6.45) is 0. The molecule has 162 valence electrons. The molecule has 6 rings (SSSR count). The van der Waals surface area contributed by atoms with Gasteiger partial charge < -0.3 is 10.2 Å². The van der Waals surface area contributed by atoms with E-state index in [1.54, 1.807) is 12.1 Å². The fraction of sp³-hybridized carbons (Fsp3) is 0. The summed E-state index contributed by atoms with van der Waals surface area (Å²) in [6, 6.07) is 40.2. The van der Waals surface area contributed by atoms with Crippen molar-refractivity contribution in [3.05, 3.63) is 121 Å². The van der Waals surface area contributed by atoms with Crippen LogP contribution in [-0.4, -0.2) is 10.2 Å². The van der Waals surface area contributed by atoms with Gasteiger partial charge in [0.05, 0.1) is 0 Å². The van der Waals surface area contributed by atoms with Crippen molar-refractivity contribution in [3.8, 4) is 44.9 Å². The van der Waals surface area contributed by atoms with Crippen molar-refractivity contribution in [3.63, 3.8) is 0 Å². The molecule has 0 heterocycles. The van der Waals surface area contributed by atoms with Gasteiger partial charge in [-0.15, -0.1) is 0 Å². The average Bonchev–Trinajstić information content (AvgIpc) is 2.89. The molecule has 6 aromatic carbocycles. The number of phenols is 2. The number of rotatable bonds is 3. The minimum Gasteiger partial charge on any atom is -0.507 e. The summed E-state index contributed by atoms with van der Waals surface area (Å²) in [5.41, 5.74) is 5.86. The predicted octanol–water partition coefficient (Wildman–Crippen LogP) is 8.41. The first-order chi connectivity index (χ1) is 16.7. The Bertz CT molecular complexity index is 1520. The van der Waals surface area contributed by atoms with Crippen molar-refractivity contribution in [2.45, 2.75) is 0 Å². The molecule has 0 radical (unpaired) electrons. The molecule has 0 atom stereocenters. The SMILES string of the molecule is Oc1ccc2ccccc2c1-c1ccc(-c2ccc(-c3c(O)ccc4ccccc34)cc2)cc1. The van der Waals surface area contributed by atoms with Crippen molar-refractivity contribution in [1.82, 2.24) is 0 Å². The van der Waals surface area contributed by atoms with Crippen LogP contribution < -0.4 is 0 Å². The van der Waals surface area contributed by atoms with Gasteiger partial charge >= 0.3 is 0 Å². The summed E-state index contributed by atoms with van der Waals surface area (Å²) < 4.78 is 0. The topological polar surface area (TPSA) is 40.5 Å². The molecular formula is C32H22O2. The zero-order valence-electron chi connectivity index (χ0n) is 18.4. The zero-order chi connectivity index (χ0) is 23.1. The van der Waals surface area contributed by atoms with Crippen LogP contribution in [-0.2, 0) is 0 Å². The highest BCUT2D eigenvalue weighted by atomic mass is 16.3. The van der Waals surface area contributed by atoms with E-state index in [1.165, 1.54) is 0 Å².